The number of pyridine rings is 1. The number of carbonyl (C=O) groups excluding carboxylic acids is 4. The Morgan fingerprint density at radius 3 is 1.50 bits per heavy atom. The second-order valence-corrected chi connectivity index (χ2v) is 9.29. The predicted octanol–water partition coefficient (Wildman–Crippen LogP) is 4.42. The van der Waals surface area contributed by atoms with Crippen molar-refractivity contribution in [3.05, 3.63) is 137 Å². The number of allylic oxidation sites excluding steroid dienone is 2. The summed E-state index contributed by atoms with van der Waals surface area (Å²) in [6, 6.07) is 23.7. The smallest absolute Gasteiger partial charge is 0.263 e. The van der Waals surface area contributed by atoms with Crippen LogP contribution in [0.4, 0.5) is 11.4 Å². The van der Waals surface area contributed by atoms with Crippen molar-refractivity contribution in [2.45, 2.75) is 6.92 Å². The summed E-state index contributed by atoms with van der Waals surface area (Å²) in [5.74, 6) is -1.92. The molecule has 0 bridgehead atoms. The van der Waals surface area contributed by atoms with Gasteiger partial charge in [-0.05, 0) is 43.3 Å². The van der Waals surface area contributed by atoms with Crippen LogP contribution in [0.5, 0.6) is 0 Å². The first-order valence-corrected chi connectivity index (χ1v) is 12.1. The third-order valence-corrected chi connectivity index (χ3v) is 6.81. The molecule has 38 heavy (non-hydrogen) atoms. The number of benzene rings is 3. The lowest BCUT2D eigenvalue weighted by Crippen LogP contribution is -2.37. The minimum absolute atomic E-state index is 0.132. The molecule has 7 nitrogen and oxygen atoms in total. The molecule has 7 heteroatoms. The van der Waals surface area contributed by atoms with Crippen LogP contribution in [0.25, 0.3) is 0 Å². The molecule has 0 atom stereocenters. The van der Waals surface area contributed by atoms with Gasteiger partial charge in [-0.15, -0.1) is 0 Å². The summed E-state index contributed by atoms with van der Waals surface area (Å²) in [5.41, 5.74) is 2.72. The van der Waals surface area contributed by atoms with Gasteiger partial charge >= 0.3 is 0 Å². The number of ketones is 2. The van der Waals surface area contributed by atoms with Gasteiger partial charge in [0.25, 0.3) is 11.8 Å². The third kappa shape index (κ3) is 3.48. The standard InChI is InChI=1S/C31H22N3O4/c1-19-11-13-20(14-12-19)30(37)33-24-9-5-3-7-22(24)28(35)26(33)27-29(36)23-8-4-6-10-25(23)34(27)31(38)21-15-17-32(2)18-16-21/h3-18H,1-2H3/q+1/b27-26+. The average molecular weight is 501 g/mol. The molecule has 1 aromatic heterocycles. The Morgan fingerprint density at radius 2 is 1.03 bits per heavy atom. The van der Waals surface area contributed by atoms with Crippen molar-refractivity contribution >= 4 is 34.8 Å². The fourth-order valence-electron chi connectivity index (χ4n) is 4.87. The molecule has 3 aromatic carbocycles. The molecular formula is C31H22N3O4+. The highest BCUT2D eigenvalue weighted by atomic mass is 16.2. The maximum absolute atomic E-state index is 13.9. The summed E-state index contributed by atoms with van der Waals surface area (Å²) in [4.78, 5) is 58.1. The van der Waals surface area contributed by atoms with Crippen molar-refractivity contribution < 1.29 is 23.7 Å². The molecule has 0 fully saturated rings. The van der Waals surface area contributed by atoms with Crippen LogP contribution in [0.3, 0.4) is 0 Å². The number of amides is 2. The van der Waals surface area contributed by atoms with Gasteiger partial charge in [0.05, 0.1) is 16.9 Å². The van der Waals surface area contributed by atoms with E-state index in [1.165, 1.54) is 9.80 Å². The topological polar surface area (TPSA) is 78.6 Å². The van der Waals surface area contributed by atoms with Crippen LogP contribution in [0.15, 0.2) is 109 Å². The maximum Gasteiger partial charge on any atom is 0.263 e. The lowest BCUT2D eigenvalue weighted by atomic mass is 10.1. The van der Waals surface area contributed by atoms with Crippen LogP contribution in [-0.2, 0) is 7.05 Å². The average Bonchev–Trinajstić information content (AvgIpc) is 3.39. The molecule has 0 N–H and O–H groups in total. The van der Waals surface area contributed by atoms with Crippen LogP contribution >= 0.6 is 0 Å². The van der Waals surface area contributed by atoms with E-state index in [2.05, 4.69) is 0 Å². The van der Waals surface area contributed by atoms with Crippen molar-refractivity contribution in [2.24, 2.45) is 7.05 Å². The number of fused-ring (bicyclic) bond motifs is 2. The number of aryl methyl sites for hydroxylation is 2. The minimum atomic E-state index is -0.492. The van der Waals surface area contributed by atoms with Crippen LogP contribution in [0, 0.1) is 6.92 Å². The maximum atomic E-state index is 13.9. The molecule has 0 saturated heterocycles. The number of Topliss-reactive ketones (excluding diaryl/α,β-unsaturated/α-hetero) is 2. The van der Waals surface area contributed by atoms with E-state index < -0.39 is 23.4 Å². The zero-order valence-electron chi connectivity index (χ0n) is 20.7. The highest BCUT2D eigenvalue weighted by Gasteiger charge is 2.46. The zero-order chi connectivity index (χ0) is 26.6. The largest absolute Gasteiger partial charge is 0.287 e. The van der Waals surface area contributed by atoms with Crippen molar-refractivity contribution in [3.8, 4) is 0 Å². The van der Waals surface area contributed by atoms with Gasteiger partial charge in [-0.25, -0.2) is 4.57 Å². The molecule has 2 aliphatic rings. The number of hydrogen-bond acceptors (Lipinski definition) is 4. The van der Waals surface area contributed by atoms with Gasteiger partial charge in [-0.1, -0.05) is 42.0 Å². The summed E-state index contributed by atoms with van der Waals surface area (Å²) >= 11 is 0. The lowest BCUT2D eigenvalue weighted by molar-refractivity contribution is -0.671. The molecular weight excluding hydrogens is 478 g/mol. The highest BCUT2D eigenvalue weighted by molar-refractivity contribution is 6.35. The van der Waals surface area contributed by atoms with E-state index in [0.717, 1.165) is 5.56 Å². The molecule has 0 spiro atoms. The Kier molecular flexibility index (Phi) is 5.35. The van der Waals surface area contributed by atoms with E-state index in [-0.39, 0.29) is 17.0 Å². The molecule has 184 valence electrons. The summed E-state index contributed by atoms with van der Waals surface area (Å²) in [6.45, 7) is 1.91. The van der Waals surface area contributed by atoms with E-state index in [1.807, 2.05) is 26.1 Å². The molecule has 4 aromatic rings. The highest BCUT2D eigenvalue weighted by Crippen LogP contribution is 2.43. The van der Waals surface area contributed by atoms with Gasteiger partial charge in [-0.2, -0.15) is 0 Å². The van der Waals surface area contributed by atoms with Crippen molar-refractivity contribution in [1.82, 2.24) is 0 Å². The number of anilines is 2. The zero-order valence-corrected chi connectivity index (χ0v) is 20.7. The number of para-hydroxylation sites is 2. The van der Waals surface area contributed by atoms with Crippen LogP contribution in [-0.4, -0.2) is 23.4 Å². The minimum Gasteiger partial charge on any atom is -0.287 e. The van der Waals surface area contributed by atoms with Crippen LogP contribution in [0.1, 0.15) is 47.0 Å². The molecule has 6 rings (SSSR count). The molecule has 2 amide bonds. The Labute approximate surface area is 218 Å². The Hall–Kier alpha value is -5.17. The van der Waals surface area contributed by atoms with Crippen molar-refractivity contribution in [1.29, 1.82) is 0 Å². The molecule has 0 saturated carbocycles. The van der Waals surface area contributed by atoms with E-state index in [1.54, 1.807) is 89.8 Å². The second kappa shape index (κ2) is 8.74. The quantitative estimate of drug-likeness (QED) is 0.302. The van der Waals surface area contributed by atoms with Gasteiger partial charge in [0.15, 0.2) is 12.4 Å². The summed E-state index contributed by atoms with van der Waals surface area (Å²) in [5, 5.41) is 0. The number of carbonyl (C=O) groups is 4. The SMILES string of the molecule is Cc1ccc(C(=O)N2/C(=C3\C(=O)c4ccccc4N3C(=O)c3cc[n+](C)cc3)C(=O)c3ccccc32)cc1. The molecule has 0 aliphatic carbocycles. The van der Waals surface area contributed by atoms with Gasteiger partial charge in [0, 0.05) is 28.8 Å². The summed E-state index contributed by atoms with van der Waals surface area (Å²) < 4.78 is 1.79. The first kappa shape index (κ1) is 23.2. The van der Waals surface area contributed by atoms with Gasteiger partial charge in [0.1, 0.15) is 18.4 Å². The molecule has 0 radical (unpaired) electrons. The third-order valence-electron chi connectivity index (χ3n) is 6.81. The van der Waals surface area contributed by atoms with Gasteiger partial charge in [0.2, 0.25) is 11.6 Å². The Balaban J connectivity index is 1.61. The second-order valence-electron chi connectivity index (χ2n) is 9.29. The Morgan fingerprint density at radius 1 is 0.605 bits per heavy atom. The van der Waals surface area contributed by atoms with Crippen molar-refractivity contribution in [3.63, 3.8) is 0 Å². The first-order chi connectivity index (χ1) is 18.4. The number of rotatable bonds is 2. The van der Waals surface area contributed by atoms with E-state index in [0.29, 0.717) is 28.1 Å². The lowest BCUT2D eigenvalue weighted by Gasteiger charge is -2.24. The first-order valence-electron chi connectivity index (χ1n) is 12.1. The fourth-order valence-corrected chi connectivity index (χ4v) is 4.87. The summed E-state index contributed by atoms with van der Waals surface area (Å²) in [7, 11) is 1.83. The number of hydrogen-bond donors (Lipinski definition) is 0. The molecule has 0 unspecified atom stereocenters. The van der Waals surface area contributed by atoms with Gasteiger partial charge < -0.3 is 0 Å². The predicted molar refractivity (Wildman–Crippen MR) is 141 cm³/mol. The monoisotopic (exact) mass is 500 g/mol. The van der Waals surface area contributed by atoms with E-state index in [9.17, 15) is 19.2 Å². The summed E-state index contributed by atoms with van der Waals surface area (Å²) in [6.07, 6.45) is 3.46. The Bertz CT molecular complexity index is 1580. The molecule has 3 heterocycles. The van der Waals surface area contributed by atoms with E-state index in [4.69, 9.17) is 0 Å². The normalized spacial score (nSPS) is 16.1. The van der Waals surface area contributed by atoms with Crippen LogP contribution < -0.4 is 14.4 Å². The number of nitrogens with zero attached hydrogens (tertiary/aromatic N) is 3. The molecule has 2 aliphatic heterocycles. The fraction of sp³-hybridized carbons (Fsp3) is 0.0645. The van der Waals surface area contributed by atoms with Crippen LogP contribution in [0.2, 0.25) is 0 Å². The van der Waals surface area contributed by atoms with E-state index >= 15 is 0 Å². The number of aromatic nitrogens is 1. The van der Waals surface area contributed by atoms with Crippen molar-refractivity contribution in [2.75, 3.05) is 9.80 Å². The van der Waals surface area contributed by atoms with Gasteiger partial charge in [-0.3, -0.25) is 29.0 Å².